The molecule has 2 heterocycles. The number of benzene rings is 1. The third-order valence-electron chi connectivity index (χ3n) is 2.25. The van der Waals surface area contributed by atoms with E-state index in [1.54, 1.807) is 12.4 Å². The zero-order chi connectivity index (χ0) is 9.38. The molecule has 0 unspecified atom stereocenters. The van der Waals surface area contributed by atoms with E-state index < -0.39 is 0 Å². The van der Waals surface area contributed by atoms with Crippen molar-refractivity contribution >= 4 is 21.8 Å². The van der Waals surface area contributed by atoms with Crippen LogP contribution >= 0.6 is 0 Å². The number of aromatic nitrogens is 2. The van der Waals surface area contributed by atoms with E-state index in [9.17, 15) is 0 Å². The number of rotatable bonds is 0. The van der Waals surface area contributed by atoms with Crippen LogP contribution in [0.5, 0.6) is 0 Å². The van der Waals surface area contributed by atoms with Gasteiger partial charge in [0.15, 0.2) is 0 Å². The maximum absolute atomic E-state index is 4.33. The fraction of sp³-hybridized carbons (Fsp3) is 0. The van der Waals surface area contributed by atoms with Crippen LogP contribution in [-0.2, 0) is 0 Å². The van der Waals surface area contributed by atoms with Crippen molar-refractivity contribution in [3.8, 4) is 0 Å². The summed E-state index contributed by atoms with van der Waals surface area (Å²) in [5.41, 5.74) is 1.87. The van der Waals surface area contributed by atoms with Crippen LogP contribution in [0.1, 0.15) is 0 Å². The Morgan fingerprint density at radius 3 is 2.53 bits per heavy atom. The Morgan fingerprint density at radius 1 is 0.933 bits per heavy atom. The van der Waals surface area contributed by atoms with Crippen LogP contribution in [-0.4, -0.2) is 9.97 Å². The van der Waals surface area contributed by atoms with E-state index in [0.717, 1.165) is 21.8 Å². The van der Waals surface area contributed by atoms with Gasteiger partial charge in [-0.3, -0.25) is 4.98 Å². The predicted molar refractivity (Wildman–Crippen MR) is 55.9 cm³/mol. The van der Waals surface area contributed by atoms with E-state index in [0.29, 0.717) is 0 Å². The van der Waals surface area contributed by atoms with Crippen molar-refractivity contribution in [2.45, 2.75) is 0 Å². The number of pyridine rings is 2. The molecule has 66 valence electrons. The quantitative estimate of drug-likeness (QED) is 0.271. The Bertz CT molecular complexity index is 553. The first kappa shape index (κ1) is 10.2. The van der Waals surface area contributed by atoms with Gasteiger partial charge in [0.1, 0.15) is 0 Å². The van der Waals surface area contributed by atoms with E-state index >= 15 is 0 Å². The van der Waals surface area contributed by atoms with Crippen LogP contribution in [0, 0.1) is 6.07 Å². The fourth-order valence-electron chi connectivity index (χ4n) is 1.60. The Labute approximate surface area is 99.5 Å². The van der Waals surface area contributed by atoms with Crippen molar-refractivity contribution < 1.29 is 18.9 Å². The van der Waals surface area contributed by atoms with E-state index in [-0.39, 0.29) is 18.9 Å². The smallest absolute Gasteiger partial charge is 0.304 e. The van der Waals surface area contributed by atoms with Crippen LogP contribution in [0.3, 0.4) is 0 Å². The molecule has 0 spiro atoms. The van der Waals surface area contributed by atoms with E-state index in [2.05, 4.69) is 16.0 Å². The summed E-state index contributed by atoms with van der Waals surface area (Å²) < 4.78 is 0. The molecular weight excluding hydrogens is 179 g/mol. The Hall–Kier alpha value is -1.36. The SMILES string of the molecule is [Li+].[c-]1cc2cccnc2c2ncccc12. The average molecular weight is 186 g/mol. The predicted octanol–water partition coefficient (Wildman–Crippen LogP) is -0.413. The van der Waals surface area contributed by atoms with Crippen molar-refractivity contribution in [1.29, 1.82) is 0 Å². The molecule has 0 aliphatic carbocycles. The topological polar surface area (TPSA) is 25.8 Å². The zero-order valence-electron chi connectivity index (χ0n) is 8.44. The van der Waals surface area contributed by atoms with Crippen LogP contribution < -0.4 is 18.9 Å². The van der Waals surface area contributed by atoms with Gasteiger partial charge in [-0.2, -0.15) is 0 Å². The molecule has 0 bridgehead atoms. The van der Waals surface area contributed by atoms with Crippen molar-refractivity contribution in [3.63, 3.8) is 0 Å². The fourth-order valence-corrected chi connectivity index (χ4v) is 1.60. The van der Waals surface area contributed by atoms with Crippen molar-refractivity contribution in [3.05, 3.63) is 48.8 Å². The standard InChI is InChI=1S/C12H7N2.Li/c1-3-9-5-6-10-4-2-8-14-12(10)11(9)13-7-1;/h1-5,7-8H;/q-1;+1. The monoisotopic (exact) mass is 186 g/mol. The molecule has 0 radical (unpaired) electrons. The first-order valence-electron chi connectivity index (χ1n) is 4.45. The molecule has 0 amide bonds. The Kier molecular flexibility index (Phi) is 2.72. The minimum Gasteiger partial charge on any atom is -0.304 e. The van der Waals surface area contributed by atoms with Crippen molar-refractivity contribution in [2.75, 3.05) is 0 Å². The molecule has 0 saturated carbocycles. The summed E-state index contributed by atoms with van der Waals surface area (Å²) in [6.45, 7) is 0. The second-order valence-electron chi connectivity index (χ2n) is 3.13. The van der Waals surface area contributed by atoms with Gasteiger partial charge in [-0.1, -0.05) is 23.6 Å². The number of fused-ring (bicyclic) bond motifs is 3. The molecular formula is C12H7LiN2. The van der Waals surface area contributed by atoms with E-state index in [4.69, 9.17) is 0 Å². The van der Waals surface area contributed by atoms with Crippen LogP contribution in [0.2, 0.25) is 0 Å². The average Bonchev–Trinajstić information content (AvgIpc) is 2.29. The molecule has 2 aromatic heterocycles. The van der Waals surface area contributed by atoms with Crippen LogP contribution in [0.25, 0.3) is 21.8 Å². The van der Waals surface area contributed by atoms with Gasteiger partial charge in [-0.15, -0.1) is 23.6 Å². The molecule has 0 fully saturated rings. The molecule has 3 heteroatoms. The first-order valence-corrected chi connectivity index (χ1v) is 4.45. The van der Waals surface area contributed by atoms with Crippen LogP contribution in [0.15, 0.2) is 42.7 Å². The number of hydrogen-bond donors (Lipinski definition) is 0. The first-order chi connectivity index (χ1) is 6.95. The summed E-state index contributed by atoms with van der Waals surface area (Å²) in [5.74, 6) is 0. The summed E-state index contributed by atoms with van der Waals surface area (Å²) in [6, 6.07) is 13.0. The molecule has 3 rings (SSSR count). The van der Waals surface area contributed by atoms with Gasteiger partial charge in [0.05, 0.1) is 0 Å². The number of nitrogens with zero attached hydrogens (tertiary/aromatic N) is 2. The molecule has 0 saturated heterocycles. The summed E-state index contributed by atoms with van der Waals surface area (Å²) in [6.07, 6.45) is 3.57. The van der Waals surface area contributed by atoms with E-state index in [1.165, 1.54) is 0 Å². The molecule has 15 heavy (non-hydrogen) atoms. The molecule has 0 atom stereocenters. The van der Waals surface area contributed by atoms with Gasteiger partial charge in [0, 0.05) is 23.4 Å². The van der Waals surface area contributed by atoms with Crippen molar-refractivity contribution in [1.82, 2.24) is 9.97 Å². The zero-order valence-corrected chi connectivity index (χ0v) is 8.44. The Morgan fingerprint density at radius 2 is 1.67 bits per heavy atom. The summed E-state index contributed by atoms with van der Waals surface area (Å²) in [7, 11) is 0. The molecule has 2 nitrogen and oxygen atoms in total. The van der Waals surface area contributed by atoms with Crippen LogP contribution in [0.4, 0.5) is 0 Å². The van der Waals surface area contributed by atoms with E-state index in [1.807, 2.05) is 30.3 Å². The minimum atomic E-state index is 0. The van der Waals surface area contributed by atoms with Gasteiger partial charge in [-0.05, 0) is 0 Å². The molecule has 0 aliphatic heterocycles. The molecule has 3 aromatic rings. The van der Waals surface area contributed by atoms with Gasteiger partial charge in [-0.25, -0.2) is 0 Å². The normalized spacial score (nSPS) is 10.1. The minimum absolute atomic E-state index is 0. The largest absolute Gasteiger partial charge is 1.00 e. The van der Waals surface area contributed by atoms with Gasteiger partial charge in [0.2, 0.25) is 0 Å². The number of hydrogen-bond acceptors (Lipinski definition) is 2. The third-order valence-corrected chi connectivity index (χ3v) is 2.25. The second-order valence-corrected chi connectivity index (χ2v) is 3.13. The maximum atomic E-state index is 4.33. The summed E-state index contributed by atoms with van der Waals surface area (Å²) >= 11 is 0. The maximum Gasteiger partial charge on any atom is 1.00 e. The van der Waals surface area contributed by atoms with Gasteiger partial charge < -0.3 is 4.98 Å². The molecule has 1 aromatic carbocycles. The summed E-state index contributed by atoms with van der Waals surface area (Å²) in [4.78, 5) is 8.64. The van der Waals surface area contributed by atoms with Crippen molar-refractivity contribution in [2.24, 2.45) is 0 Å². The second kappa shape index (κ2) is 4.02. The molecule has 0 N–H and O–H groups in total. The summed E-state index contributed by atoms with van der Waals surface area (Å²) in [5, 5.41) is 2.09. The van der Waals surface area contributed by atoms with Gasteiger partial charge in [0.25, 0.3) is 0 Å². The molecule has 0 aliphatic rings. The third kappa shape index (κ3) is 1.63. The Balaban J connectivity index is 0.000000853. The van der Waals surface area contributed by atoms with Gasteiger partial charge >= 0.3 is 18.9 Å².